The lowest BCUT2D eigenvalue weighted by molar-refractivity contribution is -0.119. The first-order valence-electron chi connectivity index (χ1n) is 4.69. The molecule has 0 aliphatic carbocycles. The van der Waals surface area contributed by atoms with Crippen molar-refractivity contribution >= 4 is 11.9 Å². The summed E-state index contributed by atoms with van der Waals surface area (Å²) in [6.45, 7) is -0.675. The van der Waals surface area contributed by atoms with Crippen molar-refractivity contribution in [2.45, 2.75) is 0 Å². The van der Waals surface area contributed by atoms with Gasteiger partial charge in [0.2, 0.25) is 0 Å². The topological polar surface area (TPSA) is 102 Å². The number of esters is 1. The van der Waals surface area contributed by atoms with Crippen molar-refractivity contribution in [3.8, 4) is 11.8 Å². The summed E-state index contributed by atoms with van der Waals surface area (Å²) in [7, 11) is 0. The van der Waals surface area contributed by atoms with Crippen LogP contribution in [0.4, 0.5) is 0 Å². The quantitative estimate of drug-likeness (QED) is 0.734. The van der Waals surface area contributed by atoms with Gasteiger partial charge in [-0.05, 0) is 12.1 Å². The van der Waals surface area contributed by atoms with E-state index in [1.807, 2.05) is 0 Å². The van der Waals surface area contributed by atoms with Gasteiger partial charge in [0.15, 0.2) is 13.2 Å². The Morgan fingerprint density at radius 3 is 2.71 bits per heavy atom. The van der Waals surface area contributed by atoms with Gasteiger partial charge in [0, 0.05) is 0 Å². The molecule has 0 saturated heterocycles. The van der Waals surface area contributed by atoms with E-state index in [9.17, 15) is 9.59 Å². The predicted octanol–water partition coefficient (Wildman–Crippen LogP) is 0.231. The second kappa shape index (κ2) is 6.12. The van der Waals surface area contributed by atoms with E-state index in [2.05, 4.69) is 4.74 Å². The van der Waals surface area contributed by atoms with E-state index in [1.165, 1.54) is 12.1 Å². The van der Waals surface area contributed by atoms with Crippen LogP contribution in [0.1, 0.15) is 10.4 Å². The first-order valence-corrected chi connectivity index (χ1v) is 4.69. The number of hydrogen-bond acceptors (Lipinski definition) is 5. The van der Waals surface area contributed by atoms with Gasteiger partial charge in [0.25, 0.3) is 5.91 Å². The lowest BCUT2D eigenvalue weighted by atomic mass is 10.2. The van der Waals surface area contributed by atoms with Crippen molar-refractivity contribution in [2.75, 3.05) is 13.2 Å². The first-order chi connectivity index (χ1) is 8.15. The van der Waals surface area contributed by atoms with Crippen LogP contribution in [0.5, 0.6) is 5.75 Å². The van der Waals surface area contributed by atoms with Crippen LogP contribution < -0.4 is 10.5 Å². The average molecular weight is 234 g/mol. The molecule has 0 atom stereocenters. The Balaban J connectivity index is 2.80. The number of primary amides is 1. The minimum absolute atomic E-state index is 0.143. The smallest absolute Gasteiger partial charge is 0.342 e. The summed E-state index contributed by atoms with van der Waals surface area (Å²) in [5.74, 6) is -1.15. The first kappa shape index (κ1) is 12.5. The Bertz CT molecular complexity index is 465. The third kappa shape index (κ3) is 3.83. The fourth-order valence-electron chi connectivity index (χ4n) is 1.09. The van der Waals surface area contributed by atoms with Crippen LogP contribution in [0, 0.1) is 11.3 Å². The minimum Gasteiger partial charge on any atom is -0.483 e. The highest BCUT2D eigenvalue weighted by Gasteiger charge is 2.13. The Labute approximate surface area is 97.5 Å². The third-order valence-corrected chi connectivity index (χ3v) is 1.74. The molecule has 1 rings (SSSR count). The molecule has 0 aromatic heterocycles. The molecule has 1 aromatic carbocycles. The Morgan fingerprint density at radius 1 is 1.35 bits per heavy atom. The van der Waals surface area contributed by atoms with Gasteiger partial charge in [0.05, 0.1) is 0 Å². The maximum Gasteiger partial charge on any atom is 0.342 e. The molecule has 88 valence electrons. The van der Waals surface area contributed by atoms with Crippen molar-refractivity contribution < 1.29 is 19.1 Å². The summed E-state index contributed by atoms with van der Waals surface area (Å²) in [6, 6.07) is 7.90. The Hall–Kier alpha value is -2.55. The monoisotopic (exact) mass is 234 g/mol. The SMILES string of the molecule is N#CCOC(=O)c1ccccc1OCC(N)=O. The molecular formula is C11H10N2O4. The molecule has 0 fully saturated rings. The predicted molar refractivity (Wildman–Crippen MR) is 57.0 cm³/mol. The summed E-state index contributed by atoms with van der Waals surface area (Å²) in [6.07, 6.45) is 0. The maximum absolute atomic E-state index is 11.5. The molecule has 0 bridgehead atoms. The van der Waals surface area contributed by atoms with Gasteiger partial charge in [-0.2, -0.15) is 5.26 Å². The second-order valence-corrected chi connectivity index (χ2v) is 2.99. The van der Waals surface area contributed by atoms with Crippen molar-refractivity contribution in [2.24, 2.45) is 5.73 Å². The third-order valence-electron chi connectivity index (χ3n) is 1.74. The van der Waals surface area contributed by atoms with E-state index in [0.29, 0.717) is 0 Å². The van der Waals surface area contributed by atoms with Crippen LogP contribution in [-0.4, -0.2) is 25.1 Å². The zero-order chi connectivity index (χ0) is 12.7. The van der Waals surface area contributed by atoms with Crippen molar-refractivity contribution in [3.05, 3.63) is 29.8 Å². The second-order valence-electron chi connectivity index (χ2n) is 2.99. The fourth-order valence-corrected chi connectivity index (χ4v) is 1.09. The number of nitrogens with zero attached hydrogens (tertiary/aromatic N) is 1. The zero-order valence-electron chi connectivity index (χ0n) is 8.88. The van der Waals surface area contributed by atoms with Crippen LogP contribution in [0.25, 0.3) is 0 Å². The molecule has 0 aliphatic heterocycles. The number of para-hydroxylation sites is 1. The molecule has 0 radical (unpaired) electrons. The maximum atomic E-state index is 11.5. The molecule has 1 aromatic rings. The van der Waals surface area contributed by atoms with Crippen LogP contribution in [0.15, 0.2) is 24.3 Å². The molecule has 6 heteroatoms. The normalized spacial score (nSPS) is 9.12. The summed E-state index contributed by atoms with van der Waals surface area (Å²) in [4.78, 5) is 22.1. The van der Waals surface area contributed by atoms with E-state index in [0.717, 1.165) is 0 Å². The van der Waals surface area contributed by atoms with Crippen molar-refractivity contribution in [1.29, 1.82) is 5.26 Å². The summed E-state index contributed by atoms with van der Waals surface area (Å²) >= 11 is 0. The van der Waals surface area contributed by atoms with Gasteiger partial charge in [-0.15, -0.1) is 0 Å². The molecule has 0 unspecified atom stereocenters. The highest BCUT2D eigenvalue weighted by molar-refractivity contribution is 5.92. The number of ether oxygens (including phenoxy) is 2. The van der Waals surface area contributed by atoms with Gasteiger partial charge in [0.1, 0.15) is 17.4 Å². The van der Waals surface area contributed by atoms with E-state index >= 15 is 0 Å². The number of benzene rings is 1. The highest BCUT2D eigenvalue weighted by Crippen LogP contribution is 2.18. The van der Waals surface area contributed by atoms with E-state index in [-0.39, 0.29) is 24.5 Å². The largest absolute Gasteiger partial charge is 0.483 e. The van der Waals surface area contributed by atoms with Crippen LogP contribution in [0.2, 0.25) is 0 Å². The molecule has 0 saturated carbocycles. The molecule has 0 aliphatic rings. The Kier molecular flexibility index (Phi) is 4.51. The van der Waals surface area contributed by atoms with Gasteiger partial charge in [-0.3, -0.25) is 4.79 Å². The van der Waals surface area contributed by atoms with Crippen LogP contribution in [-0.2, 0) is 9.53 Å². The van der Waals surface area contributed by atoms with Crippen LogP contribution in [0.3, 0.4) is 0 Å². The highest BCUT2D eigenvalue weighted by atomic mass is 16.5. The number of nitrogens with two attached hydrogens (primary N) is 1. The lowest BCUT2D eigenvalue weighted by Crippen LogP contribution is -2.21. The van der Waals surface area contributed by atoms with Gasteiger partial charge < -0.3 is 15.2 Å². The minimum atomic E-state index is -0.688. The summed E-state index contributed by atoms with van der Waals surface area (Å²) < 4.78 is 9.67. The molecule has 17 heavy (non-hydrogen) atoms. The van der Waals surface area contributed by atoms with Gasteiger partial charge >= 0.3 is 5.97 Å². The number of hydrogen-bond donors (Lipinski definition) is 1. The molecule has 2 N–H and O–H groups in total. The lowest BCUT2D eigenvalue weighted by Gasteiger charge is -2.08. The number of carbonyl (C=O) groups excluding carboxylic acids is 2. The zero-order valence-corrected chi connectivity index (χ0v) is 8.88. The molecular weight excluding hydrogens is 224 g/mol. The van der Waals surface area contributed by atoms with Crippen molar-refractivity contribution in [3.63, 3.8) is 0 Å². The van der Waals surface area contributed by atoms with E-state index < -0.39 is 11.9 Å². The van der Waals surface area contributed by atoms with Gasteiger partial charge in [-0.25, -0.2) is 4.79 Å². The Morgan fingerprint density at radius 2 is 2.06 bits per heavy atom. The number of nitriles is 1. The van der Waals surface area contributed by atoms with Crippen LogP contribution >= 0.6 is 0 Å². The van der Waals surface area contributed by atoms with E-state index in [4.69, 9.17) is 15.7 Å². The summed E-state index contributed by atoms with van der Waals surface area (Å²) in [5, 5.41) is 8.29. The number of carbonyl (C=O) groups is 2. The number of rotatable bonds is 5. The van der Waals surface area contributed by atoms with Gasteiger partial charge in [-0.1, -0.05) is 12.1 Å². The molecule has 0 heterocycles. The van der Waals surface area contributed by atoms with Crippen molar-refractivity contribution in [1.82, 2.24) is 0 Å². The standard InChI is InChI=1S/C11H10N2O4/c12-5-6-16-11(15)8-3-1-2-4-9(8)17-7-10(13)14/h1-4H,6-7H2,(H2,13,14). The fraction of sp³-hybridized carbons (Fsp3) is 0.182. The number of amides is 1. The molecule has 1 amide bonds. The average Bonchev–Trinajstić information content (AvgIpc) is 2.33. The summed E-state index contributed by atoms with van der Waals surface area (Å²) in [5.41, 5.74) is 5.07. The molecule has 6 nitrogen and oxygen atoms in total. The molecule has 0 spiro atoms. The van der Waals surface area contributed by atoms with E-state index in [1.54, 1.807) is 18.2 Å².